The van der Waals surface area contributed by atoms with Gasteiger partial charge in [-0.3, -0.25) is 15.3 Å². The Bertz CT molecular complexity index is 1160. The monoisotopic (exact) mass is 499 g/mol. The molecule has 2 fully saturated rings. The van der Waals surface area contributed by atoms with Crippen LogP contribution in [0.1, 0.15) is 23.1 Å². The molecule has 0 aliphatic carbocycles. The first kappa shape index (κ1) is 24.1. The average Bonchev–Trinajstić information content (AvgIpc) is 2.88. The molecule has 2 aromatic rings. The number of hydrogen-bond donors (Lipinski definition) is 2. The van der Waals surface area contributed by atoms with Gasteiger partial charge in [-0.15, -0.1) is 0 Å². The van der Waals surface area contributed by atoms with E-state index in [9.17, 15) is 8.42 Å². The van der Waals surface area contributed by atoms with Crippen LogP contribution in [0.5, 0.6) is 0 Å². The first-order valence-electron chi connectivity index (χ1n) is 12.0. The summed E-state index contributed by atoms with van der Waals surface area (Å²) in [6, 6.07) is 8.45. The molecule has 1 unspecified atom stereocenters. The zero-order valence-corrected chi connectivity index (χ0v) is 21.0. The topological polar surface area (TPSA) is 103 Å². The van der Waals surface area contributed by atoms with Gasteiger partial charge in [0.15, 0.2) is 0 Å². The Hall–Kier alpha value is -2.57. The molecule has 3 aliphatic heterocycles. The van der Waals surface area contributed by atoms with Crippen LogP contribution in [0.4, 0.5) is 5.69 Å². The van der Waals surface area contributed by atoms with Crippen LogP contribution in [0.25, 0.3) is 11.8 Å². The van der Waals surface area contributed by atoms with E-state index in [4.69, 9.17) is 4.74 Å². The molecule has 188 valence electrons. The van der Waals surface area contributed by atoms with E-state index in [0.29, 0.717) is 32.7 Å². The van der Waals surface area contributed by atoms with Gasteiger partial charge in [-0.05, 0) is 23.8 Å². The Morgan fingerprint density at radius 3 is 2.54 bits per heavy atom. The molecular formula is C24H33N7O3S. The van der Waals surface area contributed by atoms with E-state index in [1.807, 2.05) is 0 Å². The lowest BCUT2D eigenvalue weighted by molar-refractivity contribution is 0.0244. The second-order valence-electron chi connectivity index (χ2n) is 9.17. The van der Waals surface area contributed by atoms with Crippen molar-refractivity contribution in [3.05, 3.63) is 53.6 Å². The van der Waals surface area contributed by atoms with Crippen molar-refractivity contribution in [1.82, 2.24) is 29.8 Å². The molecule has 2 atom stereocenters. The van der Waals surface area contributed by atoms with E-state index in [-0.39, 0.29) is 12.3 Å². The van der Waals surface area contributed by atoms with Gasteiger partial charge in [0.05, 0.1) is 24.7 Å². The molecule has 5 rings (SSSR count). The summed E-state index contributed by atoms with van der Waals surface area (Å²) in [5.41, 5.74) is 5.01. The normalized spacial score (nSPS) is 23.7. The standard InChI is InChI=1S/C24H33N7O3S/c1-29-22(18-3-5-19(6-4-18)30-10-12-31(13-11-30)35(2,32)33)15-21-23(27-8-7-26-21)24(29)28-17-20-16-25-9-14-34-20/h3-8,15,20,24-25,28H,9-14,16-17H2,1-2H3/t20-,24?/m0/s1. The van der Waals surface area contributed by atoms with Gasteiger partial charge in [-0.1, -0.05) is 12.1 Å². The number of anilines is 1. The van der Waals surface area contributed by atoms with Gasteiger partial charge >= 0.3 is 0 Å². The molecule has 0 bridgehead atoms. The quantitative estimate of drug-likeness (QED) is 0.591. The molecule has 11 heteroatoms. The van der Waals surface area contributed by atoms with E-state index >= 15 is 0 Å². The van der Waals surface area contributed by atoms with Gasteiger partial charge in [0.1, 0.15) is 11.9 Å². The largest absolute Gasteiger partial charge is 0.374 e. The van der Waals surface area contributed by atoms with Crippen molar-refractivity contribution in [1.29, 1.82) is 0 Å². The van der Waals surface area contributed by atoms with E-state index in [1.165, 1.54) is 6.26 Å². The Morgan fingerprint density at radius 1 is 1.11 bits per heavy atom. The van der Waals surface area contributed by atoms with Crippen LogP contribution in [0.2, 0.25) is 0 Å². The highest BCUT2D eigenvalue weighted by atomic mass is 32.2. The summed E-state index contributed by atoms with van der Waals surface area (Å²) in [7, 11) is -1.07. The second-order valence-corrected chi connectivity index (χ2v) is 11.2. The predicted molar refractivity (Wildman–Crippen MR) is 136 cm³/mol. The molecule has 1 aromatic carbocycles. The fourth-order valence-electron chi connectivity index (χ4n) is 4.87. The third-order valence-electron chi connectivity index (χ3n) is 6.84. The minimum Gasteiger partial charge on any atom is -0.374 e. The number of morpholine rings is 1. The van der Waals surface area contributed by atoms with Crippen LogP contribution in [0.3, 0.4) is 0 Å². The molecule has 2 saturated heterocycles. The van der Waals surface area contributed by atoms with Crippen molar-refractivity contribution < 1.29 is 13.2 Å². The van der Waals surface area contributed by atoms with Crippen molar-refractivity contribution in [2.75, 3.05) is 70.6 Å². The number of aromatic nitrogens is 2. The van der Waals surface area contributed by atoms with Crippen molar-refractivity contribution >= 4 is 27.5 Å². The highest BCUT2D eigenvalue weighted by Crippen LogP contribution is 2.34. The van der Waals surface area contributed by atoms with E-state index in [2.05, 4.69) is 67.8 Å². The first-order chi connectivity index (χ1) is 16.9. The van der Waals surface area contributed by atoms with Gasteiger partial charge in [0.2, 0.25) is 10.0 Å². The minimum absolute atomic E-state index is 0.118. The maximum absolute atomic E-state index is 11.8. The van der Waals surface area contributed by atoms with Crippen LogP contribution >= 0.6 is 0 Å². The predicted octanol–water partition coefficient (Wildman–Crippen LogP) is 0.578. The van der Waals surface area contributed by atoms with Gasteiger partial charge in [0.25, 0.3) is 0 Å². The highest BCUT2D eigenvalue weighted by molar-refractivity contribution is 7.88. The van der Waals surface area contributed by atoms with Crippen LogP contribution in [0.15, 0.2) is 36.7 Å². The van der Waals surface area contributed by atoms with Crippen LogP contribution in [0, 0.1) is 0 Å². The molecule has 10 nitrogen and oxygen atoms in total. The van der Waals surface area contributed by atoms with Crippen LogP contribution < -0.4 is 15.5 Å². The van der Waals surface area contributed by atoms with Gasteiger partial charge in [-0.25, -0.2) is 8.42 Å². The molecule has 2 N–H and O–H groups in total. The summed E-state index contributed by atoms with van der Waals surface area (Å²) >= 11 is 0. The maximum atomic E-state index is 11.8. The Labute approximate surface area is 207 Å². The van der Waals surface area contributed by atoms with Gasteiger partial charge in [-0.2, -0.15) is 4.31 Å². The number of sulfonamides is 1. The maximum Gasteiger partial charge on any atom is 0.211 e. The molecular weight excluding hydrogens is 466 g/mol. The Balaban J connectivity index is 1.32. The highest BCUT2D eigenvalue weighted by Gasteiger charge is 2.30. The number of nitrogens with one attached hydrogen (secondary N) is 2. The smallest absolute Gasteiger partial charge is 0.211 e. The molecule has 0 saturated carbocycles. The minimum atomic E-state index is -3.14. The number of fused-ring (bicyclic) bond motifs is 1. The zero-order chi connectivity index (χ0) is 24.4. The van der Waals surface area contributed by atoms with E-state index in [1.54, 1.807) is 16.7 Å². The van der Waals surface area contributed by atoms with Crippen LogP contribution in [-0.2, 0) is 14.8 Å². The van der Waals surface area contributed by atoms with E-state index < -0.39 is 10.0 Å². The van der Waals surface area contributed by atoms with E-state index in [0.717, 1.165) is 48.0 Å². The van der Waals surface area contributed by atoms with Gasteiger partial charge in [0, 0.05) is 76.6 Å². The number of benzene rings is 1. The average molecular weight is 500 g/mol. The summed E-state index contributed by atoms with van der Waals surface area (Å²) in [6.45, 7) is 5.55. The fourth-order valence-corrected chi connectivity index (χ4v) is 5.70. The molecule has 0 amide bonds. The van der Waals surface area contributed by atoms with Crippen molar-refractivity contribution in [2.45, 2.75) is 12.3 Å². The zero-order valence-electron chi connectivity index (χ0n) is 20.2. The summed E-state index contributed by atoms with van der Waals surface area (Å²) in [6.07, 6.45) is 6.82. The van der Waals surface area contributed by atoms with Crippen molar-refractivity contribution in [3.8, 4) is 0 Å². The Kier molecular flexibility index (Phi) is 7.03. The number of ether oxygens (including phenoxy) is 1. The lowest BCUT2D eigenvalue weighted by Crippen LogP contribution is -2.48. The van der Waals surface area contributed by atoms with Crippen LogP contribution in [-0.4, -0.2) is 99.4 Å². The second kappa shape index (κ2) is 10.2. The third kappa shape index (κ3) is 5.34. The SMILES string of the molecule is CN1C(c2ccc(N3CCN(S(C)(=O)=O)CC3)cc2)=Cc2nccnc2C1NC[C@@H]1CNCCO1. The Morgan fingerprint density at radius 2 is 1.86 bits per heavy atom. The lowest BCUT2D eigenvalue weighted by Gasteiger charge is -2.37. The molecule has 0 radical (unpaired) electrons. The number of hydrogen-bond acceptors (Lipinski definition) is 9. The molecule has 0 spiro atoms. The molecule has 3 aliphatic rings. The fraction of sp³-hybridized carbons (Fsp3) is 0.500. The summed E-state index contributed by atoms with van der Waals surface area (Å²) in [5, 5.41) is 7.01. The summed E-state index contributed by atoms with van der Waals surface area (Å²) in [4.78, 5) is 13.6. The molecule has 4 heterocycles. The number of piperazine rings is 1. The van der Waals surface area contributed by atoms with Gasteiger partial charge < -0.3 is 19.9 Å². The summed E-state index contributed by atoms with van der Waals surface area (Å²) in [5.74, 6) is 0. The number of rotatable bonds is 6. The van der Waals surface area contributed by atoms with Crippen molar-refractivity contribution in [3.63, 3.8) is 0 Å². The lowest BCUT2D eigenvalue weighted by atomic mass is 10.0. The molecule has 1 aromatic heterocycles. The third-order valence-corrected chi connectivity index (χ3v) is 8.14. The first-order valence-corrected chi connectivity index (χ1v) is 13.9. The molecule has 35 heavy (non-hydrogen) atoms. The summed E-state index contributed by atoms with van der Waals surface area (Å²) < 4.78 is 31.0. The number of nitrogens with zero attached hydrogens (tertiary/aromatic N) is 5. The van der Waals surface area contributed by atoms with Crippen molar-refractivity contribution in [2.24, 2.45) is 0 Å².